The lowest BCUT2D eigenvalue weighted by Crippen LogP contribution is -2.32. The van der Waals surface area contributed by atoms with Crippen molar-refractivity contribution in [2.45, 2.75) is 31.1 Å². The second-order valence-corrected chi connectivity index (χ2v) is 10.0. The third-order valence-corrected chi connectivity index (χ3v) is 7.19. The summed E-state index contributed by atoms with van der Waals surface area (Å²) in [5.41, 5.74) is 0.731. The van der Waals surface area contributed by atoms with Gasteiger partial charge in [0.2, 0.25) is 20.0 Å². The summed E-state index contributed by atoms with van der Waals surface area (Å²) in [7, 11) is -7.49. The highest BCUT2D eigenvalue weighted by Crippen LogP contribution is 2.27. The molecule has 0 radical (unpaired) electrons. The molecule has 1 heterocycles. The maximum absolute atomic E-state index is 14.3. The van der Waals surface area contributed by atoms with Crippen molar-refractivity contribution in [3.8, 4) is 0 Å². The molecule has 0 aromatic heterocycles. The lowest BCUT2D eigenvalue weighted by Gasteiger charge is -2.18. The maximum Gasteiger partial charge on any atom is 0.245 e. The van der Waals surface area contributed by atoms with E-state index in [0.717, 1.165) is 11.0 Å². The molecule has 1 fully saturated rings. The monoisotopic (exact) mass is 390 g/mol. The Balaban J connectivity index is 2.12. The lowest BCUT2D eigenvalue weighted by molar-refractivity contribution is 0.449. The largest absolute Gasteiger partial charge is 0.245 e. The quantitative estimate of drug-likeness (QED) is 0.772. The van der Waals surface area contributed by atoms with Crippen LogP contribution >= 0.6 is 0 Å². The van der Waals surface area contributed by atoms with E-state index in [-0.39, 0.29) is 36.4 Å². The minimum Gasteiger partial charge on any atom is -0.211 e. The van der Waals surface area contributed by atoms with Crippen molar-refractivity contribution in [3.05, 3.63) is 41.6 Å². The zero-order valence-corrected chi connectivity index (χ0v) is 15.9. The molecule has 0 saturated carbocycles. The number of halogens is 1. The summed E-state index contributed by atoms with van der Waals surface area (Å²) >= 11 is 0. The molecule has 1 aromatic rings. The van der Waals surface area contributed by atoms with Crippen LogP contribution in [0.3, 0.4) is 0 Å². The van der Waals surface area contributed by atoms with E-state index in [2.05, 4.69) is 11.3 Å². The Labute approximate surface area is 148 Å². The van der Waals surface area contributed by atoms with E-state index >= 15 is 0 Å². The Morgan fingerprint density at radius 2 is 2.04 bits per heavy atom. The van der Waals surface area contributed by atoms with E-state index in [9.17, 15) is 21.2 Å². The Hall–Kier alpha value is -1.29. The van der Waals surface area contributed by atoms with Crippen LogP contribution in [0.2, 0.25) is 0 Å². The van der Waals surface area contributed by atoms with Crippen molar-refractivity contribution in [3.63, 3.8) is 0 Å². The van der Waals surface area contributed by atoms with Crippen molar-refractivity contribution in [2.24, 2.45) is 5.92 Å². The molecule has 140 valence electrons. The number of hydrogen-bond acceptors (Lipinski definition) is 4. The molecule has 1 aromatic carbocycles. The normalized spacial score (nSPS) is 19.4. The van der Waals surface area contributed by atoms with Crippen LogP contribution in [0.25, 0.3) is 0 Å². The smallest absolute Gasteiger partial charge is 0.211 e. The van der Waals surface area contributed by atoms with Crippen molar-refractivity contribution in [1.82, 2.24) is 9.03 Å². The molecular weight excluding hydrogens is 367 g/mol. The van der Waals surface area contributed by atoms with E-state index in [1.165, 1.54) is 16.4 Å². The first-order chi connectivity index (χ1) is 11.6. The second-order valence-electron chi connectivity index (χ2n) is 6.42. The van der Waals surface area contributed by atoms with Gasteiger partial charge in [-0.05, 0) is 36.0 Å². The van der Waals surface area contributed by atoms with Crippen LogP contribution < -0.4 is 4.72 Å². The number of nitrogens with zero attached hydrogens (tertiary/aromatic N) is 1. The van der Waals surface area contributed by atoms with Crippen LogP contribution in [0, 0.1) is 11.7 Å². The number of hydrogen-bond donors (Lipinski definition) is 1. The fourth-order valence-corrected chi connectivity index (χ4v) is 4.86. The molecule has 6 nitrogen and oxygen atoms in total. The molecule has 0 bridgehead atoms. The topological polar surface area (TPSA) is 83.6 Å². The third-order valence-electron chi connectivity index (χ3n) is 4.28. The van der Waals surface area contributed by atoms with Gasteiger partial charge in [0.05, 0.1) is 0 Å². The number of nitrogens with one attached hydrogen (secondary N) is 1. The standard InChI is InChI=1S/C16H23FN2O4S2/c1-4-24(20,21)18-10-13-7-8-19(11-13)25(22,23)16-6-5-14(12(2)3)9-15(16)17/h4-6,9,12-13,18H,1,7-8,10-11H2,2-3H3. The summed E-state index contributed by atoms with van der Waals surface area (Å²) in [6.45, 7) is 7.50. The van der Waals surface area contributed by atoms with Crippen LogP contribution in [0.5, 0.6) is 0 Å². The van der Waals surface area contributed by atoms with Gasteiger partial charge in [0.25, 0.3) is 0 Å². The average molecular weight is 391 g/mol. The molecule has 1 N–H and O–H groups in total. The summed E-state index contributed by atoms with van der Waals surface area (Å²) in [4.78, 5) is -0.343. The zero-order valence-electron chi connectivity index (χ0n) is 14.3. The Kier molecular flexibility index (Phi) is 6.03. The summed E-state index contributed by atoms with van der Waals surface area (Å²) in [5, 5.41) is 0.808. The fourth-order valence-electron chi connectivity index (χ4n) is 2.70. The van der Waals surface area contributed by atoms with Gasteiger partial charge in [0.1, 0.15) is 10.7 Å². The van der Waals surface area contributed by atoms with Gasteiger partial charge < -0.3 is 0 Å². The molecule has 1 aliphatic heterocycles. The summed E-state index contributed by atoms with van der Waals surface area (Å²) in [5.74, 6) is -0.829. The summed E-state index contributed by atoms with van der Waals surface area (Å²) in [6, 6.07) is 4.17. The fraction of sp³-hybridized carbons (Fsp3) is 0.500. The first-order valence-electron chi connectivity index (χ1n) is 7.98. The lowest BCUT2D eigenvalue weighted by atomic mass is 10.0. The van der Waals surface area contributed by atoms with Crippen LogP contribution in [0.1, 0.15) is 31.7 Å². The first-order valence-corrected chi connectivity index (χ1v) is 11.0. The maximum atomic E-state index is 14.3. The molecule has 2 rings (SSSR count). The molecule has 25 heavy (non-hydrogen) atoms. The predicted octanol–water partition coefficient (Wildman–Crippen LogP) is 2.02. The number of benzene rings is 1. The minimum absolute atomic E-state index is 0.0975. The molecular formula is C16H23FN2O4S2. The van der Waals surface area contributed by atoms with E-state index in [4.69, 9.17) is 0 Å². The Morgan fingerprint density at radius 1 is 1.36 bits per heavy atom. The van der Waals surface area contributed by atoms with Gasteiger partial charge in [0, 0.05) is 25.0 Å². The van der Waals surface area contributed by atoms with Gasteiger partial charge in [-0.25, -0.2) is 25.9 Å². The van der Waals surface area contributed by atoms with Crippen molar-refractivity contribution in [2.75, 3.05) is 19.6 Å². The number of sulfonamides is 2. The molecule has 0 amide bonds. The van der Waals surface area contributed by atoms with E-state index < -0.39 is 25.9 Å². The van der Waals surface area contributed by atoms with Crippen LogP contribution in [-0.2, 0) is 20.0 Å². The Morgan fingerprint density at radius 3 is 2.60 bits per heavy atom. The molecule has 1 saturated heterocycles. The third kappa shape index (κ3) is 4.66. The van der Waals surface area contributed by atoms with Crippen molar-refractivity contribution in [1.29, 1.82) is 0 Å². The highest BCUT2D eigenvalue weighted by molar-refractivity contribution is 7.92. The number of rotatable bonds is 7. The van der Waals surface area contributed by atoms with Crippen LogP contribution in [0.15, 0.2) is 35.1 Å². The summed E-state index contributed by atoms with van der Waals surface area (Å²) < 4.78 is 65.9. The average Bonchev–Trinajstić information content (AvgIpc) is 3.02. The highest BCUT2D eigenvalue weighted by atomic mass is 32.2. The van der Waals surface area contributed by atoms with E-state index in [0.29, 0.717) is 6.42 Å². The van der Waals surface area contributed by atoms with Crippen molar-refractivity contribution >= 4 is 20.0 Å². The SMILES string of the molecule is C=CS(=O)(=O)NCC1CCN(S(=O)(=O)c2ccc(C(C)C)cc2F)C1. The van der Waals surface area contributed by atoms with Crippen LogP contribution in [0.4, 0.5) is 4.39 Å². The van der Waals surface area contributed by atoms with Crippen LogP contribution in [-0.4, -0.2) is 40.8 Å². The zero-order chi connectivity index (χ0) is 18.8. The first kappa shape index (κ1) is 20.0. The Bertz CT molecular complexity index is 851. The van der Waals surface area contributed by atoms with E-state index in [1.807, 2.05) is 13.8 Å². The van der Waals surface area contributed by atoms with Gasteiger partial charge in [-0.3, -0.25) is 0 Å². The second kappa shape index (κ2) is 7.53. The van der Waals surface area contributed by atoms with E-state index in [1.54, 1.807) is 6.07 Å². The molecule has 1 unspecified atom stereocenters. The predicted molar refractivity (Wildman–Crippen MR) is 94.5 cm³/mol. The molecule has 1 atom stereocenters. The molecule has 0 aliphatic carbocycles. The minimum atomic E-state index is -3.94. The van der Waals surface area contributed by atoms with Gasteiger partial charge in [0.15, 0.2) is 0 Å². The molecule has 9 heteroatoms. The van der Waals surface area contributed by atoms with Gasteiger partial charge in [-0.15, -0.1) is 0 Å². The van der Waals surface area contributed by atoms with Gasteiger partial charge in [-0.1, -0.05) is 26.5 Å². The van der Waals surface area contributed by atoms with Gasteiger partial charge >= 0.3 is 0 Å². The highest BCUT2D eigenvalue weighted by Gasteiger charge is 2.34. The summed E-state index contributed by atoms with van der Waals surface area (Å²) in [6.07, 6.45) is 0.505. The molecule has 1 aliphatic rings. The van der Waals surface area contributed by atoms with Crippen molar-refractivity contribution < 1.29 is 21.2 Å². The molecule has 0 spiro atoms. The van der Waals surface area contributed by atoms with Gasteiger partial charge in [-0.2, -0.15) is 4.31 Å².